The van der Waals surface area contributed by atoms with Gasteiger partial charge in [-0.15, -0.1) is 0 Å². The zero-order valence-electron chi connectivity index (χ0n) is 15.0. The van der Waals surface area contributed by atoms with Crippen LogP contribution in [-0.4, -0.2) is 34.5 Å². The second-order valence-corrected chi connectivity index (χ2v) is 6.22. The zero-order valence-corrected chi connectivity index (χ0v) is 15.0. The maximum atomic E-state index is 12.7. The molecule has 0 radical (unpaired) electrons. The van der Waals surface area contributed by atoms with E-state index in [4.69, 9.17) is 4.74 Å². The largest absolute Gasteiger partial charge is 0.497 e. The van der Waals surface area contributed by atoms with E-state index in [1.807, 2.05) is 43.3 Å². The van der Waals surface area contributed by atoms with Crippen molar-refractivity contribution in [3.63, 3.8) is 0 Å². The topological polar surface area (TPSA) is 91.9 Å². The van der Waals surface area contributed by atoms with Gasteiger partial charge in [0.2, 0.25) is 0 Å². The number of rotatable bonds is 4. The van der Waals surface area contributed by atoms with Crippen molar-refractivity contribution in [1.82, 2.24) is 25.6 Å². The number of nitrogens with one attached hydrogen (secondary N) is 3. The molecule has 0 bridgehead atoms. The average molecular weight is 361 g/mol. The van der Waals surface area contributed by atoms with Crippen molar-refractivity contribution in [1.29, 1.82) is 0 Å². The predicted octanol–water partition coefficient (Wildman–Crippen LogP) is 2.75. The Morgan fingerprint density at radius 2 is 2.00 bits per heavy atom. The molecule has 7 nitrogen and oxygen atoms in total. The molecule has 0 spiro atoms. The van der Waals surface area contributed by atoms with E-state index in [0.29, 0.717) is 29.1 Å². The van der Waals surface area contributed by atoms with Crippen molar-refractivity contribution in [3.05, 3.63) is 65.6 Å². The molecule has 0 fully saturated rings. The van der Waals surface area contributed by atoms with E-state index in [1.54, 1.807) is 19.4 Å². The smallest absolute Gasteiger partial charge is 0.257 e. The monoisotopic (exact) mass is 361 g/mol. The number of ether oxygens (including phenoxy) is 1. The van der Waals surface area contributed by atoms with E-state index in [2.05, 4.69) is 25.6 Å². The Balaban J connectivity index is 1.65. The number of carbonyl (C=O) groups excluding carboxylic acids is 1. The molecule has 1 amide bonds. The van der Waals surface area contributed by atoms with Crippen LogP contribution in [0.15, 0.2) is 60.1 Å². The van der Waals surface area contributed by atoms with Gasteiger partial charge in [0, 0.05) is 23.2 Å². The molecule has 7 heteroatoms. The number of fused-ring (bicyclic) bond motifs is 1. The number of aromatic amines is 1. The lowest BCUT2D eigenvalue weighted by Gasteiger charge is -2.15. The third kappa shape index (κ3) is 3.39. The van der Waals surface area contributed by atoms with Crippen molar-refractivity contribution >= 4 is 17.1 Å². The highest BCUT2D eigenvalue weighted by atomic mass is 16.5. The Bertz CT molecular complexity index is 1060. The SMILES string of the molecule is COc1ccc(-c2nc3nccc(C(=O)NC4=CC=C(C)NC4)c3[nH]2)cc1. The first-order chi connectivity index (χ1) is 13.1. The number of methoxy groups -OCH3 is 1. The van der Waals surface area contributed by atoms with Gasteiger partial charge in [-0.1, -0.05) is 0 Å². The van der Waals surface area contributed by atoms with Crippen LogP contribution in [0.5, 0.6) is 5.75 Å². The summed E-state index contributed by atoms with van der Waals surface area (Å²) in [7, 11) is 1.62. The van der Waals surface area contributed by atoms with Gasteiger partial charge in [0.25, 0.3) is 5.91 Å². The molecule has 0 aliphatic carbocycles. The Morgan fingerprint density at radius 3 is 2.70 bits per heavy atom. The minimum absolute atomic E-state index is 0.201. The third-order valence-electron chi connectivity index (χ3n) is 4.37. The number of imidazole rings is 1. The van der Waals surface area contributed by atoms with Crippen molar-refractivity contribution in [2.24, 2.45) is 0 Å². The molecule has 3 aromatic rings. The number of dihydropyridines is 1. The molecule has 0 saturated heterocycles. The summed E-state index contributed by atoms with van der Waals surface area (Å²) in [5.74, 6) is 1.22. The van der Waals surface area contributed by atoms with E-state index < -0.39 is 0 Å². The Labute approximate surface area is 156 Å². The van der Waals surface area contributed by atoms with E-state index in [0.717, 1.165) is 22.7 Å². The van der Waals surface area contributed by atoms with Gasteiger partial charge in [-0.3, -0.25) is 4.79 Å². The van der Waals surface area contributed by atoms with Gasteiger partial charge in [0.05, 0.1) is 24.7 Å². The van der Waals surface area contributed by atoms with E-state index >= 15 is 0 Å². The van der Waals surface area contributed by atoms with Crippen LogP contribution in [-0.2, 0) is 0 Å². The Kier molecular flexibility index (Phi) is 4.33. The highest BCUT2D eigenvalue weighted by Gasteiger charge is 2.16. The fraction of sp³-hybridized carbons (Fsp3) is 0.150. The van der Waals surface area contributed by atoms with Gasteiger partial charge >= 0.3 is 0 Å². The number of allylic oxidation sites excluding steroid dienone is 3. The van der Waals surface area contributed by atoms with Crippen LogP contribution in [0.25, 0.3) is 22.6 Å². The molecular weight excluding hydrogens is 342 g/mol. The molecule has 0 unspecified atom stereocenters. The minimum atomic E-state index is -0.201. The number of nitrogens with zero attached hydrogens (tertiary/aromatic N) is 2. The molecule has 1 aromatic carbocycles. The summed E-state index contributed by atoms with van der Waals surface area (Å²) in [4.78, 5) is 24.8. The average Bonchev–Trinajstić information content (AvgIpc) is 3.14. The lowest BCUT2D eigenvalue weighted by atomic mass is 10.2. The van der Waals surface area contributed by atoms with E-state index in [1.165, 1.54) is 0 Å². The first-order valence-electron chi connectivity index (χ1n) is 8.56. The lowest BCUT2D eigenvalue weighted by Crippen LogP contribution is -2.31. The summed E-state index contributed by atoms with van der Waals surface area (Å²) in [6.07, 6.45) is 5.42. The van der Waals surface area contributed by atoms with Gasteiger partial charge < -0.3 is 20.4 Å². The zero-order chi connectivity index (χ0) is 18.8. The quantitative estimate of drug-likeness (QED) is 0.665. The number of benzene rings is 1. The number of H-pyrrole nitrogens is 1. The fourth-order valence-electron chi connectivity index (χ4n) is 2.86. The number of hydrogen-bond acceptors (Lipinski definition) is 5. The van der Waals surface area contributed by atoms with Gasteiger partial charge in [-0.2, -0.15) is 0 Å². The second kappa shape index (κ2) is 6.95. The first-order valence-corrected chi connectivity index (χ1v) is 8.56. The third-order valence-corrected chi connectivity index (χ3v) is 4.37. The molecule has 1 aliphatic rings. The molecule has 1 aliphatic heterocycles. The summed E-state index contributed by atoms with van der Waals surface area (Å²) in [5.41, 5.74) is 4.37. The maximum absolute atomic E-state index is 12.7. The van der Waals surface area contributed by atoms with Crippen molar-refractivity contribution in [3.8, 4) is 17.1 Å². The normalized spacial score (nSPS) is 13.6. The number of pyridine rings is 1. The molecule has 4 rings (SSSR count). The molecule has 27 heavy (non-hydrogen) atoms. The minimum Gasteiger partial charge on any atom is -0.497 e. The van der Waals surface area contributed by atoms with Gasteiger partial charge in [0.1, 0.15) is 11.6 Å². The van der Waals surface area contributed by atoms with Crippen LogP contribution in [0.3, 0.4) is 0 Å². The fourth-order valence-corrected chi connectivity index (χ4v) is 2.86. The highest BCUT2D eigenvalue weighted by molar-refractivity contribution is 6.05. The summed E-state index contributed by atoms with van der Waals surface area (Å²) in [6.45, 7) is 2.56. The summed E-state index contributed by atoms with van der Waals surface area (Å²) < 4.78 is 5.18. The number of amides is 1. The molecular formula is C20H19N5O2. The van der Waals surface area contributed by atoms with Crippen LogP contribution in [0.4, 0.5) is 0 Å². The van der Waals surface area contributed by atoms with Crippen LogP contribution in [0.1, 0.15) is 17.3 Å². The molecule has 136 valence electrons. The van der Waals surface area contributed by atoms with E-state index in [-0.39, 0.29) is 5.91 Å². The number of hydrogen-bond donors (Lipinski definition) is 3. The number of aromatic nitrogens is 3. The summed E-state index contributed by atoms with van der Waals surface area (Å²) in [5, 5.41) is 6.13. The first kappa shape index (κ1) is 16.8. The van der Waals surface area contributed by atoms with Crippen LogP contribution in [0.2, 0.25) is 0 Å². The van der Waals surface area contributed by atoms with Gasteiger partial charge in [-0.05, 0) is 49.4 Å². The summed E-state index contributed by atoms with van der Waals surface area (Å²) in [6, 6.07) is 9.22. The van der Waals surface area contributed by atoms with Gasteiger partial charge in [-0.25, -0.2) is 9.97 Å². The maximum Gasteiger partial charge on any atom is 0.257 e. The standard InChI is InChI=1S/C20H19N5O2/c1-12-3-6-14(11-22-12)23-20(26)16-9-10-21-19-17(16)24-18(25-19)13-4-7-15(27-2)8-5-13/h3-10,22H,11H2,1-2H3,(H,23,26)(H,21,24,25). The van der Waals surface area contributed by atoms with Crippen molar-refractivity contribution in [2.75, 3.05) is 13.7 Å². The predicted molar refractivity (Wildman–Crippen MR) is 103 cm³/mol. The van der Waals surface area contributed by atoms with E-state index in [9.17, 15) is 4.79 Å². The molecule has 0 saturated carbocycles. The van der Waals surface area contributed by atoms with Crippen molar-refractivity contribution < 1.29 is 9.53 Å². The Morgan fingerprint density at radius 1 is 1.19 bits per heavy atom. The van der Waals surface area contributed by atoms with Gasteiger partial charge in [0.15, 0.2) is 5.65 Å². The van der Waals surface area contributed by atoms with Crippen LogP contribution < -0.4 is 15.4 Å². The van der Waals surface area contributed by atoms with Crippen molar-refractivity contribution in [2.45, 2.75) is 6.92 Å². The molecule has 2 aromatic heterocycles. The summed E-state index contributed by atoms with van der Waals surface area (Å²) >= 11 is 0. The number of carbonyl (C=O) groups is 1. The highest BCUT2D eigenvalue weighted by Crippen LogP contribution is 2.23. The Hall–Kier alpha value is -3.61. The molecule has 3 heterocycles. The molecule has 3 N–H and O–H groups in total. The second-order valence-electron chi connectivity index (χ2n) is 6.22. The molecule has 0 atom stereocenters. The van der Waals surface area contributed by atoms with Crippen LogP contribution >= 0.6 is 0 Å². The van der Waals surface area contributed by atoms with Crippen LogP contribution in [0, 0.1) is 0 Å². The lowest BCUT2D eigenvalue weighted by molar-refractivity contribution is 0.0966.